The van der Waals surface area contributed by atoms with Gasteiger partial charge in [-0.25, -0.2) is 4.79 Å². The van der Waals surface area contributed by atoms with Crippen LogP contribution in [0.3, 0.4) is 0 Å². The maximum Gasteiger partial charge on any atom is 0.339 e. The summed E-state index contributed by atoms with van der Waals surface area (Å²) >= 11 is 0. The van der Waals surface area contributed by atoms with Crippen LogP contribution in [0.25, 0.3) is 0 Å². The van der Waals surface area contributed by atoms with E-state index in [9.17, 15) is 9.59 Å². The SMILES string of the molecule is COC(=O)c1ccc(C(=O)N2CCN(Cc3ccccc3C)CC2)nc1. The van der Waals surface area contributed by atoms with Gasteiger partial charge in [-0.15, -0.1) is 0 Å². The molecule has 6 heteroatoms. The Morgan fingerprint density at radius 2 is 1.81 bits per heavy atom. The molecule has 3 rings (SSSR count). The molecule has 0 N–H and O–H groups in total. The number of pyridine rings is 1. The molecule has 1 amide bonds. The van der Waals surface area contributed by atoms with Crippen molar-refractivity contribution in [2.75, 3.05) is 33.3 Å². The predicted molar refractivity (Wildman–Crippen MR) is 97.9 cm³/mol. The van der Waals surface area contributed by atoms with E-state index >= 15 is 0 Å². The lowest BCUT2D eigenvalue weighted by Crippen LogP contribution is -2.48. The van der Waals surface area contributed by atoms with Crippen LogP contribution in [0.2, 0.25) is 0 Å². The fraction of sp³-hybridized carbons (Fsp3) is 0.350. The summed E-state index contributed by atoms with van der Waals surface area (Å²) < 4.78 is 4.64. The van der Waals surface area contributed by atoms with Gasteiger partial charge in [0.05, 0.1) is 12.7 Å². The molecule has 0 spiro atoms. The average molecular weight is 353 g/mol. The summed E-state index contributed by atoms with van der Waals surface area (Å²) in [5, 5.41) is 0. The van der Waals surface area contributed by atoms with E-state index in [1.165, 1.54) is 24.4 Å². The maximum atomic E-state index is 12.6. The Labute approximate surface area is 153 Å². The molecule has 1 aliphatic heterocycles. The number of carbonyl (C=O) groups is 2. The van der Waals surface area contributed by atoms with Crippen molar-refractivity contribution in [3.63, 3.8) is 0 Å². The summed E-state index contributed by atoms with van der Waals surface area (Å²) in [5.41, 5.74) is 3.31. The maximum absolute atomic E-state index is 12.6. The third-order valence-electron chi connectivity index (χ3n) is 4.72. The van der Waals surface area contributed by atoms with E-state index < -0.39 is 5.97 Å². The first-order valence-electron chi connectivity index (χ1n) is 8.69. The van der Waals surface area contributed by atoms with Gasteiger partial charge >= 0.3 is 5.97 Å². The minimum atomic E-state index is -0.457. The average Bonchev–Trinajstić information content (AvgIpc) is 2.69. The Kier molecular flexibility index (Phi) is 5.63. The van der Waals surface area contributed by atoms with Crippen molar-refractivity contribution in [1.82, 2.24) is 14.8 Å². The monoisotopic (exact) mass is 353 g/mol. The first-order valence-corrected chi connectivity index (χ1v) is 8.69. The van der Waals surface area contributed by atoms with Gasteiger partial charge in [-0.3, -0.25) is 14.7 Å². The van der Waals surface area contributed by atoms with Crippen molar-refractivity contribution in [2.45, 2.75) is 13.5 Å². The van der Waals surface area contributed by atoms with Crippen LogP contribution in [-0.4, -0.2) is 59.9 Å². The molecular weight excluding hydrogens is 330 g/mol. The van der Waals surface area contributed by atoms with E-state index in [-0.39, 0.29) is 5.91 Å². The lowest BCUT2D eigenvalue weighted by molar-refractivity contribution is 0.0593. The van der Waals surface area contributed by atoms with Crippen molar-refractivity contribution < 1.29 is 14.3 Å². The number of aromatic nitrogens is 1. The molecule has 0 radical (unpaired) electrons. The number of ether oxygens (including phenoxy) is 1. The first kappa shape index (κ1) is 18.1. The fourth-order valence-corrected chi connectivity index (χ4v) is 3.06. The first-order chi connectivity index (χ1) is 12.6. The topological polar surface area (TPSA) is 62.7 Å². The number of esters is 1. The Bertz CT molecular complexity index is 781. The lowest BCUT2D eigenvalue weighted by Gasteiger charge is -2.34. The second kappa shape index (κ2) is 8.10. The minimum absolute atomic E-state index is 0.100. The lowest BCUT2D eigenvalue weighted by atomic mass is 10.1. The normalized spacial score (nSPS) is 14.9. The number of rotatable bonds is 4. The number of methoxy groups -OCH3 is 1. The van der Waals surface area contributed by atoms with Crippen LogP contribution < -0.4 is 0 Å². The highest BCUT2D eigenvalue weighted by molar-refractivity contribution is 5.94. The molecule has 0 atom stereocenters. The Hall–Kier alpha value is -2.73. The summed E-state index contributed by atoms with van der Waals surface area (Å²) in [7, 11) is 1.32. The van der Waals surface area contributed by atoms with Gasteiger partial charge in [0.25, 0.3) is 5.91 Å². The Morgan fingerprint density at radius 1 is 1.08 bits per heavy atom. The number of amides is 1. The number of nitrogens with zero attached hydrogens (tertiary/aromatic N) is 3. The van der Waals surface area contributed by atoms with Gasteiger partial charge in [0.1, 0.15) is 5.69 Å². The second-order valence-corrected chi connectivity index (χ2v) is 6.42. The van der Waals surface area contributed by atoms with Crippen molar-refractivity contribution in [3.05, 3.63) is 65.0 Å². The molecular formula is C20H23N3O3. The van der Waals surface area contributed by atoms with E-state index in [4.69, 9.17) is 0 Å². The van der Waals surface area contributed by atoms with Crippen LogP contribution in [0, 0.1) is 6.92 Å². The summed E-state index contributed by atoms with van der Waals surface area (Å²) in [5.74, 6) is -0.557. The zero-order valence-corrected chi connectivity index (χ0v) is 15.1. The number of hydrogen-bond donors (Lipinski definition) is 0. The number of aryl methyl sites for hydroxylation is 1. The highest BCUT2D eigenvalue weighted by Crippen LogP contribution is 2.14. The standard InChI is InChI=1S/C20H23N3O3/c1-15-5-3-4-6-17(15)14-22-9-11-23(12-10-22)19(24)18-8-7-16(13-21-18)20(25)26-2/h3-8,13H,9-12,14H2,1-2H3. The molecule has 136 valence electrons. The van der Waals surface area contributed by atoms with E-state index in [0.29, 0.717) is 24.3 Å². The third-order valence-corrected chi connectivity index (χ3v) is 4.72. The molecule has 0 unspecified atom stereocenters. The molecule has 6 nitrogen and oxygen atoms in total. The highest BCUT2D eigenvalue weighted by atomic mass is 16.5. The molecule has 0 saturated carbocycles. The van der Waals surface area contributed by atoms with Crippen molar-refractivity contribution in [3.8, 4) is 0 Å². The third kappa shape index (κ3) is 4.08. The van der Waals surface area contributed by atoms with Crippen molar-refractivity contribution >= 4 is 11.9 Å². The van der Waals surface area contributed by atoms with Crippen LogP contribution in [0.1, 0.15) is 32.0 Å². The van der Waals surface area contributed by atoms with E-state index in [1.54, 1.807) is 12.1 Å². The molecule has 1 aromatic heterocycles. The summed E-state index contributed by atoms with van der Waals surface area (Å²) in [6, 6.07) is 11.5. The van der Waals surface area contributed by atoms with Gasteiger partial charge in [0.15, 0.2) is 0 Å². The highest BCUT2D eigenvalue weighted by Gasteiger charge is 2.23. The number of hydrogen-bond acceptors (Lipinski definition) is 5. The van der Waals surface area contributed by atoms with Gasteiger partial charge in [0, 0.05) is 38.9 Å². The molecule has 2 heterocycles. The van der Waals surface area contributed by atoms with Crippen LogP contribution in [0.5, 0.6) is 0 Å². The Morgan fingerprint density at radius 3 is 2.42 bits per heavy atom. The zero-order valence-electron chi connectivity index (χ0n) is 15.1. The van der Waals surface area contributed by atoms with Crippen LogP contribution in [0.4, 0.5) is 0 Å². The summed E-state index contributed by atoms with van der Waals surface area (Å²) in [6.45, 7) is 6.04. The van der Waals surface area contributed by atoms with Gasteiger partial charge < -0.3 is 9.64 Å². The molecule has 1 aliphatic rings. The van der Waals surface area contributed by atoms with Crippen LogP contribution in [0.15, 0.2) is 42.6 Å². The minimum Gasteiger partial charge on any atom is -0.465 e. The molecule has 1 fully saturated rings. The molecule has 1 aromatic carbocycles. The molecule has 0 aliphatic carbocycles. The Balaban J connectivity index is 1.56. The fourth-order valence-electron chi connectivity index (χ4n) is 3.06. The molecule has 0 bridgehead atoms. The van der Waals surface area contributed by atoms with E-state index in [0.717, 1.165) is 19.6 Å². The molecule has 1 saturated heterocycles. The van der Waals surface area contributed by atoms with Gasteiger partial charge in [0.2, 0.25) is 0 Å². The number of carbonyl (C=O) groups excluding carboxylic acids is 2. The molecule has 2 aromatic rings. The van der Waals surface area contributed by atoms with Crippen LogP contribution in [-0.2, 0) is 11.3 Å². The number of benzene rings is 1. The van der Waals surface area contributed by atoms with E-state index in [2.05, 4.69) is 39.7 Å². The van der Waals surface area contributed by atoms with Crippen molar-refractivity contribution in [1.29, 1.82) is 0 Å². The largest absolute Gasteiger partial charge is 0.465 e. The predicted octanol–water partition coefficient (Wildman–Crippen LogP) is 2.13. The van der Waals surface area contributed by atoms with Crippen molar-refractivity contribution in [2.24, 2.45) is 0 Å². The van der Waals surface area contributed by atoms with Gasteiger partial charge in [-0.2, -0.15) is 0 Å². The second-order valence-electron chi connectivity index (χ2n) is 6.42. The molecule has 26 heavy (non-hydrogen) atoms. The smallest absolute Gasteiger partial charge is 0.339 e. The van der Waals surface area contributed by atoms with Gasteiger partial charge in [-0.05, 0) is 30.2 Å². The van der Waals surface area contributed by atoms with Crippen LogP contribution >= 0.6 is 0 Å². The summed E-state index contributed by atoms with van der Waals surface area (Å²) in [4.78, 5) is 32.3. The number of piperazine rings is 1. The quantitative estimate of drug-likeness (QED) is 0.788. The van der Waals surface area contributed by atoms with Gasteiger partial charge in [-0.1, -0.05) is 24.3 Å². The van der Waals surface area contributed by atoms with E-state index in [1.807, 2.05) is 11.0 Å². The zero-order chi connectivity index (χ0) is 18.5. The summed E-state index contributed by atoms with van der Waals surface area (Å²) in [6.07, 6.45) is 1.38.